The van der Waals surface area contributed by atoms with Crippen LogP contribution in [-0.4, -0.2) is 58.9 Å². The molecule has 2 fully saturated rings. The number of para-hydroxylation sites is 2. The van der Waals surface area contributed by atoms with Crippen molar-refractivity contribution in [1.82, 2.24) is 14.5 Å². The van der Waals surface area contributed by atoms with Crippen LogP contribution < -0.4 is 0 Å². The maximum atomic E-state index is 13.0. The Hall–Kier alpha value is -1.92. The number of aromatic nitrogens is 2. The molecular weight excluding hydrogens is 318 g/mol. The molecule has 1 amide bonds. The zero-order valence-electron chi connectivity index (χ0n) is 14.9. The molecule has 3 atom stereocenters. The number of hydrogen-bond acceptors (Lipinski definition) is 4. The lowest BCUT2D eigenvalue weighted by Gasteiger charge is -2.43. The van der Waals surface area contributed by atoms with Gasteiger partial charge in [0.05, 0.1) is 35.1 Å². The first kappa shape index (κ1) is 16.5. The summed E-state index contributed by atoms with van der Waals surface area (Å²) < 4.78 is 13.4. The van der Waals surface area contributed by atoms with Gasteiger partial charge in [0.2, 0.25) is 5.91 Å². The summed E-state index contributed by atoms with van der Waals surface area (Å²) in [7, 11) is 3.53. The number of likely N-dealkylation sites (tertiary alicyclic amines) is 1. The summed E-state index contributed by atoms with van der Waals surface area (Å²) in [5, 5.41) is 0. The van der Waals surface area contributed by atoms with E-state index in [4.69, 9.17) is 9.47 Å². The molecule has 6 heteroatoms. The SMILES string of the molecule is CO[C@@H]1CC[C@@]2(OC)CCN(C(=O)Cn3cnc4ccccc43)[C@H]2C1. The van der Waals surface area contributed by atoms with E-state index in [9.17, 15) is 4.79 Å². The van der Waals surface area contributed by atoms with Gasteiger partial charge < -0.3 is 18.9 Å². The van der Waals surface area contributed by atoms with Crippen LogP contribution in [0, 0.1) is 0 Å². The fraction of sp³-hybridized carbons (Fsp3) is 0.579. The smallest absolute Gasteiger partial charge is 0.242 e. The molecule has 2 aromatic rings. The average Bonchev–Trinajstić information content (AvgIpc) is 3.23. The maximum absolute atomic E-state index is 13.0. The molecule has 0 radical (unpaired) electrons. The second-order valence-electron chi connectivity index (χ2n) is 7.12. The third kappa shape index (κ3) is 2.73. The lowest BCUT2D eigenvalue weighted by atomic mass is 9.79. The van der Waals surface area contributed by atoms with Crippen LogP contribution in [-0.2, 0) is 20.8 Å². The maximum Gasteiger partial charge on any atom is 0.242 e. The minimum absolute atomic E-state index is 0.0958. The summed E-state index contributed by atoms with van der Waals surface area (Å²) in [6, 6.07) is 7.99. The molecular formula is C19H25N3O3. The minimum atomic E-state index is -0.207. The van der Waals surface area contributed by atoms with Crippen molar-refractivity contribution in [3.05, 3.63) is 30.6 Å². The lowest BCUT2D eigenvalue weighted by Crippen LogP contribution is -2.53. The quantitative estimate of drug-likeness (QED) is 0.854. The summed E-state index contributed by atoms with van der Waals surface area (Å²) in [5.74, 6) is 0.129. The Morgan fingerprint density at radius 1 is 1.32 bits per heavy atom. The van der Waals surface area contributed by atoms with E-state index in [0.29, 0.717) is 6.54 Å². The van der Waals surface area contributed by atoms with E-state index in [2.05, 4.69) is 4.98 Å². The van der Waals surface area contributed by atoms with Gasteiger partial charge in [0.1, 0.15) is 6.54 Å². The molecule has 1 aromatic heterocycles. The highest BCUT2D eigenvalue weighted by Crippen LogP contribution is 2.43. The average molecular weight is 343 g/mol. The fourth-order valence-electron chi connectivity index (χ4n) is 4.55. The number of amides is 1. The first-order chi connectivity index (χ1) is 12.2. The van der Waals surface area contributed by atoms with Crippen LogP contribution in [0.5, 0.6) is 0 Å². The van der Waals surface area contributed by atoms with Crippen LogP contribution in [0.25, 0.3) is 11.0 Å². The van der Waals surface area contributed by atoms with Gasteiger partial charge in [-0.05, 0) is 37.8 Å². The van der Waals surface area contributed by atoms with Crippen LogP contribution in [0.1, 0.15) is 25.7 Å². The molecule has 1 aliphatic carbocycles. The molecule has 0 unspecified atom stereocenters. The Morgan fingerprint density at radius 3 is 2.96 bits per heavy atom. The van der Waals surface area contributed by atoms with Gasteiger partial charge in [0.15, 0.2) is 0 Å². The summed E-state index contributed by atoms with van der Waals surface area (Å²) in [6.45, 7) is 1.06. The van der Waals surface area contributed by atoms with Crippen LogP contribution in [0.4, 0.5) is 0 Å². The van der Waals surface area contributed by atoms with Crippen molar-refractivity contribution in [2.75, 3.05) is 20.8 Å². The number of fused-ring (bicyclic) bond motifs is 2. The number of hydrogen-bond donors (Lipinski definition) is 0. The lowest BCUT2D eigenvalue weighted by molar-refractivity contribution is -0.141. The molecule has 1 saturated heterocycles. The summed E-state index contributed by atoms with van der Waals surface area (Å²) >= 11 is 0. The number of ether oxygens (including phenoxy) is 2. The van der Waals surface area contributed by atoms with Crippen molar-refractivity contribution in [3.63, 3.8) is 0 Å². The molecule has 1 aromatic carbocycles. The Balaban J connectivity index is 1.55. The van der Waals surface area contributed by atoms with E-state index in [1.807, 2.05) is 33.7 Å². The first-order valence-corrected chi connectivity index (χ1v) is 8.94. The second kappa shape index (κ2) is 6.42. The molecule has 6 nitrogen and oxygen atoms in total. The molecule has 25 heavy (non-hydrogen) atoms. The Morgan fingerprint density at radius 2 is 2.16 bits per heavy atom. The van der Waals surface area contributed by atoms with Gasteiger partial charge in [-0.15, -0.1) is 0 Å². The third-order valence-corrected chi connectivity index (χ3v) is 6.03. The highest BCUT2D eigenvalue weighted by Gasteiger charge is 2.52. The first-order valence-electron chi connectivity index (χ1n) is 8.94. The summed E-state index contributed by atoms with van der Waals surface area (Å²) in [4.78, 5) is 19.4. The van der Waals surface area contributed by atoms with Crippen molar-refractivity contribution in [1.29, 1.82) is 0 Å². The van der Waals surface area contributed by atoms with E-state index in [1.54, 1.807) is 20.5 Å². The predicted molar refractivity (Wildman–Crippen MR) is 94.2 cm³/mol. The van der Waals surface area contributed by atoms with Crippen molar-refractivity contribution in [3.8, 4) is 0 Å². The van der Waals surface area contributed by atoms with Crippen LogP contribution >= 0.6 is 0 Å². The van der Waals surface area contributed by atoms with E-state index >= 15 is 0 Å². The van der Waals surface area contributed by atoms with Gasteiger partial charge in [-0.25, -0.2) is 4.98 Å². The van der Waals surface area contributed by atoms with Crippen LogP contribution in [0.15, 0.2) is 30.6 Å². The largest absolute Gasteiger partial charge is 0.381 e. The van der Waals surface area contributed by atoms with Crippen LogP contribution in [0.3, 0.4) is 0 Å². The summed E-state index contributed by atoms with van der Waals surface area (Å²) in [6.07, 6.45) is 5.65. The van der Waals surface area contributed by atoms with Gasteiger partial charge in [-0.1, -0.05) is 12.1 Å². The monoisotopic (exact) mass is 343 g/mol. The highest BCUT2D eigenvalue weighted by molar-refractivity contribution is 5.81. The van der Waals surface area contributed by atoms with Gasteiger partial charge in [-0.3, -0.25) is 4.79 Å². The van der Waals surface area contributed by atoms with Crippen molar-refractivity contribution in [2.24, 2.45) is 0 Å². The predicted octanol–water partition coefficient (Wildman–Crippen LogP) is 2.22. The minimum Gasteiger partial charge on any atom is -0.381 e. The standard InChI is InChI=1S/C19H25N3O3/c1-24-14-7-8-19(25-2)9-10-22(17(19)11-14)18(23)12-21-13-20-15-5-3-4-6-16(15)21/h3-6,13-14,17H,7-12H2,1-2H3/t14-,17+,19-/m1/s1. The Labute approximate surface area is 147 Å². The molecule has 4 rings (SSSR count). The van der Waals surface area contributed by atoms with Gasteiger partial charge in [-0.2, -0.15) is 0 Å². The molecule has 0 spiro atoms. The number of methoxy groups -OCH3 is 2. The number of carbonyl (C=O) groups is 1. The Bertz CT molecular complexity index is 774. The number of imidazole rings is 1. The van der Waals surface area contributed by atoms with Gasteiger partial charge in [0, 0.05) is 20.8 Å². The molecule has 0 bridgehead atoms. The molecule has 1 aliphatic heterocycles. The zero-order valence-corrected chi connectivity index (χ0v) is 14.9. The van der Waals surface area contributed by atoms with Crippen molar-refractivity contribution >= 4 is 16.9 Å². The Kier molecular flexibility index (Phi) is 4.25. The highest BCUT2D eigenvalue weighted by atomic mass is 16.5. The van der Waals surface area contributed by atoms with E-state index in [-0.39, 0.29) is 23.7 Å². The van der Waals surface area contributed by atoms with Crippen LogP contribution in [0.2, 0.25) is 0 Å². The van der Waals surface area contributed by atoms with Crippen molar-refractivity contribution < 1.29 is 14.3 Å². The fourth-order valence-corrected chi connectivity index (χ4v) is 4.55. The number of benzene rings is 1. The second-order valence-corrected chi connectivity index (χ2v) is 7.12. The van der Waals surface area contributed by atoms with Gasteiger partial charge >= 0.3 is 0 Å². The molecule has 2 heterocycles. The van der Waals surface area contributed by atoms with Crippen molar-refractivity contribution in [2.45, 2.75) is 50.0 Å². The normalized spacial score (nSPS) is 29.1. The zero-order chi connectivity index (χ0) is 17.4. The topological polar surface area (TPSA) is 56.6 Å². The molecule has 0 N–H and O–H groups in total. The van der Waals surface area contributed by atoms with E-state index < -0.39 is 0 Å². The number of rotatable bonds is 4. The number of nitrogens with zero attached hydrogens (tertiary/aromatic N) is 3. The molecule has 2 aliphatic rings. The van der Waals surface area contributed by atoms with Gasteiger partial charge in [0.25, 0.3) is 0 Å². The number of carbonyl (C=O) groups excluding carboxylic acids is 1. The van der Waals surface area contributed by atoms with E-state index in [0.717, 1.165) is 43.3 Å². The van der Waals surface area contributed by atoms with E-state index in [1.165, 1.54) is 0 Å². The molecule has 134 valence electrons. The summed E-state index contributed by atoms with van der Waals surface area (Å²) in [5.41, 5.74) is 1.70. The molecule has 1 saturated carbocycles. The third-order valence-electron chi connectivity index (χ3n) is 6.03.